The second kappa shape index (κ2) is 9.70. The Morgan fingerprint density at radius 2 is 1.89 bits per heavy atom. The molecular weight excluding hydrogens is 498 g/mol. The van der Waals surface area contributed by atoms with Gasteiger partial charge in [-0.2, -0.15) is 5.10 Å². The average molecular weight is 522 g/mol. The van der Waals surface area contributed by atoms with Crippen molar-refractivity contribution < 1.29 is 13.2 Å². The summed E-state index contributed by atoms with van der Waals surface area (Å²) < 4.78 is 34.3. The van der Waals surface area contributed by atoms with Crippen LogP contribution in [0.3, 0.4) is 0 Å². The number of benzene rings is 1. The van der Waals surface area contributed by atoms with Gasteiger partial charge in [0, 0.05) is 12.8 Å². The van der Waals surface area contributed by atoms with Gasteiger partial charge in [0.2, 0.25) is 0 Å². The minimum absolute atomic E-state index is 0.0536. The number of thioether (sulfide) groups is 1. The van der Waals surface area contributed by atoms with Gasteiger partial charge in [0.1, 0.15) is 24.1 Å². The number of pyridine rings is 2. The molecule has 0 unspecified atom stereocenters. The highest BCUT2D eigenvalue weighted by molar-refractivity contribution is 7.98. The summed E-state index contributed by atoms with van der Waals surface area (Å²) in [5.41, 5.74) is 2.88. The normalized spacial score (nSPS) is 11.8. The topological polar surface area (TPSA) is 118 Å². The lowest BCUT2D eigenvalue weighted by Gasteiger charge is -2.10. The summed E-state index contributed by atoms with van der Waals surface area (Å²) in [4.78, 5) is 18.1. The fourth-order valence-corrected chi connectivity index (χ4v) is 5.54. The van der Waals surface area contributed by atoms with Crippen molar-refractivity contribution in [2.24, 2.45) is 7.05 Å². The lowest BCUT2D eigenvalue weighted by Crippen LogP contribution is -2.10. The van der Waals surface area contributed by atoms with Crippen LogP contribution in [0.4, 0.5) is 0 Å². The zero-order valence-electron chi connectivity index (χ0n) is 19.9. The molecule has 0 fully saturated rings. The zero-order chi connectivity index (χ0) is 25.3. The molecule has 10 nitrogen and oxygen atoms in total. The number of nitrogens with zero attached hydrogens (tertiary/aromatic N) is 7. The van der Waals surface area contributed by atoms with E-state index in [2.05, 4.69) is 20.1 Å². The highest BCUT2D eigenvalue weighted by Gasteiger charge is 2.24. The third kappa shape index (κ3) is 4.56. The molecule has 0 aliphatic rings. The summed E-state index contributed by atoms with van der Waals surface area (Å²) >= 11 is 1.59. The molecule has 0 amide bonds. The van der Waals surface area contributed by atoms with Gasteiger partial charge in [0.25, 0.3) is 0 Å². The van der Waals surface area contributed by atoms with Gasteiger partial charge >= 0.3 is 0 Å². The van der Waals surface area contributed by atoms with Crippen LogP contribution in [0.1, 0.15) is 12.5 Å². The molecule has 5 rings (SSSR count). The van der Waals surface area contributed by atoms with Gasteiger partial charge < -0.3 is 9.30 Å². The molecule has 0 radical (unpaired) electrons. The molecule has 0 spiro atoms. The van der Waals surface area contributed by atoms with Crippen LogP contribution >= 0.6 is 11.8 Å². The van der Waals surface area contributed by atoms with Crippen LogP contribution < -0.4 is 4.74 Å². The minimum Gasteiger partial charge on any atom is -0.497 e. The number of hydrogen-bond donors (Lipinski definition) is 0. The summed E-state index contributed by atoms with van der Waals surface area (Å²) in [6, 6.07) is 13.0. The Kier molecular flexibility index (Phi) is 6.46. The first kappa shape index (κ1) is 23.9. The Labute approximate surface area is 212 Å². The molecule has 0 saturated carbocycles. The number of hydrogen-bond acceptors (Lipinski definition) is 9. The Bertz CT molecular complexity index is 1630. The van der Waals surface area contributed by atoms with Crippen LogP contribution in [-0.2, 0) is 22.6 Å². The van der Waals surface area contributed by atoms with Crippen molar-refractivity contribution >= 4 is 32.6 Å². The molecular formula is C24H23N7O3S2. The first-order valence-corrected chi connectivity index (χ1v) is 13.7. The highest BCUT2D eigenvalue weighted by Crippen LogP contribution is 2.31. The molecule has 36 heavy (non-hydrogen) atoms. The largest absolute Gasteiger partial charge is 0.497 e. The van der Waals surface area contributed by atoms with Gasteiger partial charge in [-0.15, -0.1) is 11.8 Å². The van der Waals surface area contributed by atoms with Gasteiger partial charge in [-0.3, -0.25) is 0 Å². The van der Waals surface area contributed by atoms with E-state index in [0.29, 0.717) is 17.2 Å². The molecule has 0 saturated heterocycles. The fourth-order valence-electron chi connectivity index (χ4n) is 3.70. The predicted molar refractivity (Wildman–Crippen MR) is 137 cm³/mol. The minimum atomic E-state index is -3.56. The van der Waals surface area contributed by atoms with Gasteiger partial charge in [0.15, 0.2) is 21.5 Å². The first-order valence-electron chi connectivity index (χ1n) is 11.1. The molecule has 0 aliphatic heterocycles. The lowest BCUT2D eigenvalue weighted by molar-refractivity contribution is 0.414. The Hall–Kier alpha value is -3.77. The monoisotopic (exact) mass is 521 g/mol. The smallest absolute Gasteiger partial charge is 0.180 e. The van der Waals surface area contributed by atoms with E-state index in [9.17, 15) is 8.42 Å². The summed E-state index contributed by atoms with van der Waals surface area (Å²) in [6.07, 6.45) is 4.65. The number of aromatic nitrogens is 7. The molecule has 5 aromatic rings. The maximum Gasteiger partial charge on any atom is 0.180 e. The molecule has 4 aromatic heterocycles. The van der Waals surface area contributed by atoms with Crippen molar-refractivity contribution in [3.63, 3.8) is 0 Å². The van der Waals surface area contributed by atoms with Crippen molar-refractivity contribution in [1.29, 1.82) is 0 Å². The van der Waals surface area contributed by atoms with Crippen LogP contribution in [0.5, 0.6) is 5.75 Å². The standard InChI is InChI=1S/C24H23N7O3S2/c1-4-36(32,33)20-9-10-21(31-15-25-14-27-31)29-23(20)24-28-18-11-22(26-12-19(18)30(24)2)35-13-16-5-7-17(34-3)8-6-16/h5-12,14-15H,4,13H2,1-3H3. The molecule has 0 N–H and O–H groups in total. The SMILES string of the molecule is CCS(=O)(=O)c1ccc(-n2cncn2)nc1-c1nc2cc(SCc3ccc(OC)cc3)ncc2n1C. The van der Waals surface area contributed by atoms with E-state index in [4.69, 9.17) is 9.72 Å². The van der Waals surface area contributed by atoms with Crippen LogP contribution in [0.15, 0.2) is 71.2 Å². The third-order valence-electron chi connectivity index (χ3n) is 5.71. The number of ether oxygens (including phenoxy) is 1. The quantitative estimate of drug-likeness (QED) is 0.282. The molecule has 1 aromatic carbocycles. The average Bonchev–Trinajstić information content (AvgIpc) is 3.56. The predicted octanol–water partition coefficient (Wildman–Crippen LogP) is 3.71. The number of fused-ring (bicyclic) bond motifs is 1. The van der Waals surface area contributed by atoms with E-state index in [0.717, 1.165) is 27.6 Å². The summed E-state index contributed by atoms with van der Waals surface area (Å²) in [7, 11) is -0.0931. The van der Waals surface area contributed by atoms with Crippen LogP contribution in [0, 0.1) is 0 Å². The van der Waals surface area contributed by atoms with Gasteiger partial charge in [0.05, 0.1) is 40.0 Å². The van der Waals surface area contributed by atoms with E-state index in [1.54, 1.807) is 44.1 Å². The lowest BCUT2D eigenvalue weighted by atomic mass is 10.2. The summed E-state index contributed by atoms with van der Waals surface area (Å²) in [5, 5.41) is 4.93. The Morgan fingerprint density at radius 3 is 2.58 bits per heavy atom. The molecule has 184 valence electrons. The molecule has 4 heterocycles. The second-order valence-corrected chi connectivity index (χ2v) is 11.1. The number of methoxy groups -OCH3 is 1. The Morgan fingerprint density at radius 1 is 1.08 bits per heavy atom. The van der Waals surface area contributed by atoms with Crippen molar-refractivity contribution in [3.05, 3.63) is 66.9 Å². The van der Waals surface area contributed by atoms with E-state index < -0.39 is 9.84 Å². The molecule has 0 atom stereocenters. The van der Waals surface area contributed by atoms with E-state index in [-0.39, 0.29) is 16.3 Å². The van der Waals surface area contributed by atoms with Crippen molar-refractivity contribution in [3.8, 4) is 23.1 Å². The number of rotatable bonds is 8. The fraction of sp³-hybridized carbons (Fsp3) is 0.208. The highest BCUT2D eigenvalue weighted by atomic mass is 32.2. The zero-order valence-corrected chi connectivity index (χ0v) is 21.5. The van der Waals surface area contributed by atoms with E-state index >= 15 is 0 Å². The summed E-state index contributed by atoms with van der Waals surface area (Å²) in [5.74, 6) is 2.37. The Balaban J connectivity index is 1.53. The maximum atomic E-state index is 12.9. The van der Waals surface area contributed by atoms with Crippen LogP contribution in [0.2, 0.25) is 0 Å². The van der Waals surface area contributed by atoms with Crippen molar-refractivity contribution in [1.82, 2.24) is 34.3 Å². The van der Waals surface area contributed by atoms with Gasteiger partial charge in [-0.25, -0.2) is 33.0 Å². The van der Waals surface area contributed by atoms with Crippen molar-refractivity contribution in [2.75, 3.05) is 12.9 Å². The molecule has 0 aliphatic carbocycles. The third-order valence-corrected chi connectivity index (χ3v) is 8.47. The van der Waals surface area contributed by atoms with Gasteiger partial charge in [-0.1, -0.05) is 19.1 Å². The van der Waals surface area contributed by atoms with E-state index in [1.165, 1.54) is 17.3 Å². The molecule has 0 bridgehead atoms. The van der Waals surface area contributed by atoms with Crippen LogP contribution in [0.25, 0.3) is 28.4 Å². The number of sulfone groups is 1. The number of aryl methyl sites for hydroxylation is 1. The van der Waals surface area contributed by atoms with Crippen molar-refractivity contribution in [2.45, 2.75) is 22.6 Å². The maximum absolute atomic E-state index is 12.9. The number of imidazole rings is 1. The second-order valence-electron chi connectivity index (χ2n) is 7.90. The van der Waals surface area contributed by atoms with Gasteiger partial charge in [-0.05, 0) is 35.9 Å². The first-order chi connectivity index (χ1) is 17.4. The molecule has 12 heteroatoms. The summed E-state index contributed by atoms with van der Waals surface area (Å²) in [6.45, 7) is 1.61. The van der Waals surface area contributed by atoms with Crippen LogP contribution in [-0.4, -0.2) is 55.6 Å². The van der Waals surface area contributed by atoms with E-state index in [1.807, 2.05) is 41.9 Å².